The Morgan fingerprint density at radius 2 is 1.92 bits per heavy atom. The zero-order chi connectivity index (χ0) is 16.8. The summed E-state index contributed by atoms with van der Waals surface area (Å²) in [7, 11) is 0. The zero-order valence-electron chi connectivity index (χ0n) is 13.2. The molecule has 1 aromatic rings. The van der Waals surface area contributed by atoms with Crippen molar-refractivity contribution in [3.05, 3.63) is 29.6 Å². The van der Waals surface area contributed by atoms with Crippen LogP contribution in [0.3, 0.4) is 0 Å². The quantitative estimate of drug-likeness (QED) is 0.267. The molecule has 0 saturated heterocycles. The van der Waals surface area contributed by atoms with Gasteiger partial charge in [-0.3, -0.25) is 4.79 Å². The van der Waals surface area contributed by atoms with Crippen LogP contribution in [0.5, 0.6) is 0 Å². The molecule has 0 spiro atoms. The molecule has 1 saturated carbocycles. The molecular formula is C15H20F3IN4O. The van der Waals surface area contributed by atoms with E-state index in [-0.39, 0.29) is 30.5 Å². The molecule has 5 nitrogen and oxygen atoms in total. The van der Waals surface area contributed by atoms with Crippen LogP contribution in [0.15, 0.2) is 17.1 Å². The third-order valence-corrected chi connectivity index (χ3v) is 3.29. The lowest BCUT2D eigenvalue weighted by Crippen LogP contribution is -2.39. The van der Waals surface area contributed by atoms with Crippen LogP contribution in [-0.4, -0.2) is 31.5 Å². The Morgan fingerprint density at radius 3 is 2.54 bits per heavy atom. The second-order valence-electron chi connectivity index (χ2n) is 5.29. The van der Waals surface area contributed by atoms with Gasteiger partial charge in [-0.25, -0.2) is 18.2 Å². The smallest absolute Gasteiger partial charge is 0.246 e. The summed E-state index contributed by atoms with van der Waals surface area (Å²) in [4.78, 5) is 15.8. The molecule has 0 radical (unpaired) electrons. The highest BCUT2D eigenvalue weighted by Gasteiger charge is 2.21. The molecule has 1 aromatic carbocycles. The molecule has 0 heterocycles. The monoisotopic (exact) mass is 456 g/mol. The van der Waals surface area contributed by atoms with Crippen molar-refractivity contribution >= 4 is 41.5 Å². The summed E-state index contributed by atoms with van der Waals surface area (Å²) in [6.07, 6.45) is 2.37. The summed E-state index contributed by atoms with van der Waals surface area (Å²) >= 11 is 0. The van der Waals surface area contributed by atoms with Gasteiger partial charge in [-0.05, 0) is 37.8 Å². The van der Waals surface area contributed by atoms with Crippen molar-refractivity contribution in [2.75, 3.05) is 25.0 Å². The minimum absolute atomic E-state index is 0. The minimum Gasteiger partial charge on any atom is -0.357 e. The predicted octanol–water partition coefficient (Wildman–Crippen LogP) is 2.63. The lowest BCUT2D eigenvalue weighted by molar-refractivity contribution is -0.114. The number of rotatable bonds is 6. The lowest BCUT2D eigenvalue weighted by atomic mass is 10.3. The molecular weight excluding hydrogens is 436 g/mol. The Balaban J connectivity index is 0.00000288. The third-order valence-electron chi connectivity index (χ3n) is 3.29. The maximum absolute atomic E-state index is 13.5. The maximum Gasteiger partial charge on any atom is 0.246 e. The Bertz CT molecular complexity index is 609. The first kappa shape index (κ1) is 20.5. The number of benzene rings is 1. The number of hydrogen-bond acceptors (Lipinski definition) is 2. The summed E-state index contributed by atoms with van der Waals surface area (Å²) in [5.41, 5.74) is -0.417. The topological polar surface area (TPSA) is 65.5 Å². The lowest BCUT2D eigenvalue weighted by Gasteiger charge is -2.11. The highest BCUT2D eigenvalue weighted by Crippen LogP contribution is 2.27. The molecule has 9 heteroatoms. The molecule has 1 aliphatic rings. The van der Waals surface area contributed by atoms with E-state index < -0.39 is 29.0 Å². The van der Waals surface area contributed by atoms with Crippen molar-refractivity contribution < 1.29 is 18.0 Å². The molecule has 1 amide bonds. The van der Waals surface area contributed by atoms with Gasteiger partial charge in [0, 0.05) is 13.1 Å². The molecule has 1 fully saturated rings. The summed E-state index contributed by atoms with van der Waals surface area (Å²) in [6, 6.07) is 1.71. The fourth-order valence-corrected chi connectivity index (χ4v) is 1.87. The van der Waals surface area contributed by atoms with Crippen molar-refractivity contribution in [3.63, 3.8) is 0 Å². The predicted molar refractivity (Wildman–Crippen MR) is 97.1 cm³/mol. The molecule has 0 aliphatic heterocycles. The minimum atomic E-state index is -1.62. The summed E-state index contributed by atoms with van der Waals surface area (Å²) in [6.45, 7) is 3.05. The number of nitrogens with one attached hydrogen (secondary N) is 3. The fraction of sp³-hybridized carbons (Fsp3) is 0.467. The fourth-order valence-electron chi connectivity index (χ4n) is 1.87. The Labute approximate surface area is 155 Å². The van der Waals surface area contributed by atoms with E-state index in [1.807, 2.05) is 6.92 Å². The molecule has 0 aromatic heterocycles. The van der Waals surface area contributed by atoms with Gasteiger partial charge in [0.2, 0.25) is 5.91 Å². The number of amides is 1. The van der Waals surface area contributed by atoms with Gasteiger partial charge in [0.15, 0.2) is 23.4 Å². The molecule has 134 valence electrons. The van der Waals surface area contributed by atoms with Gasteiger partial charge in [-0.2, -0.15) is 0 Å². The standard InChI is InChI=1S/C15H19F3N4O.HI/c1-2-19-15(20-7-9-3-4-9)21-8-12(23)22-11-6-5-10(16)13(17)14(11)18;/h5-6,9H,2-4,7-8H2,1H3,(H,22,23)(H2,19,20,21);1H. The number of halogens is 4. The Hall–Kier alpha value is -1.52. The molecule has 3 N–H and O–H groups in total. The number of carbonyl (C=O) groups is 1. The van der Waals surface area contributed by atoms with Crippen molar-refractivity contribution in [2.45, 2.75) is 19.8 Å². The average Bonchev–Trinajstić information content (AvgIpc) is 3.35. The van der Waals surface area contributed by atoms with Crippen LogP contribution >= 0.6 is 24.0 Å². The van der Waals surface area contributed by atoms with Crippen molar-refractivity contribution in [1.29, 1.82) is 0 Å². The summed E-state index contributed by atoms with van der Waals surface area (Å²) in [5, 5.41) is 8.26. The van der Waals surface area contributed by atoms with Crippen LogP contribution in [0.25, 0.3) is 0 Å². The van der Waals surface area contributed by atoms with Gasteiger partial charge in [0.05, 0.1) is 5.69 Å². The number of hydrogen-bond donors (Lipinski definition) is 3. The zero-order valence-corrected chi connectivity index (χ0v) is 15.5. The van der Waals surface area contributed by atoms with E-state index in [2.05, 4.69) is 20.9 Å². The largest absolute Gasteiger partial charge is 0.357 e. The van der Waals surface area contributed by atoms with E-state index >= 15 is 0 Å². The van der Waals surface area contributed by atoms with Crippen LogP contribution in [-0.2, 0) is 4.79 Å². The van der Waals surface area contributed by atoms with E-state index in [1.165, 1.54) is 12.8 Å². The van der Waals surface area contributed by atoms with E-state index in [1.54, 1.807) is 0 Å². The number of aliphatic imine (C=N–C) groups is 1. The van der Waals surface area contributed by atoms with Crippen LogP contribution in [0.4, 0.5) is 18.9 Å². The van der Waals surface area contributed by atoms with Gasteiger partial charge in [0.25, 0.3) is 0 Å². The SMILES string of the molecule is CCNC(=NCC(=O)Nc1ccc(F)c(F)c1F)NCC1CC1.I. The van der Waals surface area contributed by atoms with E-state index in [0.29, 0.717) is 18.4 Å². The first-order chi connectivity index (χ1) is 11.0. The number of carbonyl (C=O) groups excluding carboxylic acids is 1. The third kappa shape index (κ3) is 6.17. The normalized spacial score (nSPS) is 13.9. The van der Waals surface area contributed by atoms with Crippen molar-refractivity contribution in [1.82, 2.24) is 10.6 Å². The first-order valence-corrected chi connectivity index (χ1v) is 7.46. The maximum atomic E-state index is 13.5. The highest BCUT2D eigenvalue weighted by atomic mass is 127. The molecule has 1 aliphatic carbocycles. The van der Waals surface area contributed by atoms with Gasteiger partial charge in [-0.15, -0.1) is 24.0 Å². The van der Waals surface area contributed by atoms with Gasteiger partial charge < -0.3 is 16.0 Å². The Kier molecular flexibility index (Phi) is 8.29. The van der Waals surface area contributed by atoms with Crippen LogP contribution in [0, 0.1) is 23.4 Å². The second kappa shape index (κ2) is 9.70. The highest BCUT2D eigenvalue weighted by molar-refractivity contribution is 14.0. The number of nitrogens with zero attached hydrogens (tertiary/aromatic N) is 1. The number of guanidine groups is 1. The van der Waals surface area contributed by atoms with E-state index in [4.69, 9.17) is 0 Å². The second-order valence-corrected chi connectivity index (χ2v) is 5.29. The first-order valence-electron chi connectivity index (χ1n) is 7.46. The van der Waals surface area contributed by atoms with Crippen LogP contribution < -0.4 is 16.0 Å². The Morgan fingerprint density at radius 1 is 1.21 bits per heavy atom. The molecule has 0 unspecified atom stereocenters. The van der Waals surface area contributed by atoms with E-state index in [0.717, 1.165) is 18.7 Å². The van der Waals surface area contributed by atoms with Gasteiger partial charge in [0.1, 0.15) is 6.54 Å². The number of anilines is 1. The molecule has 24 heavy (non-hydrogen) atoms. The van der Waals surface area contributed by atoms with Gasteiger partial charge >= 0.3 is 0 Å². The van der Waals surface area contributed by atoms with Crippen molar-refractivity contribution in [3.8, 4) is 0 Å². The van der Waals surface area contributed by atoms with Crippen molar-refractivity contribution in [2.24, 2.45) is 10.9 Å². The van der Waals surface area contributed by atoms with E-state index in [9.17, 15) is 18.0 Å². The average molecular weight is 456 g/mol. The van der Waals surface area contributed by atoms with Crippen LogP contribution in [0.1, 0.15) is 19.8 Å². The van der Waals surface area contributed by atoms with Crippen LogP contribution in [0.2, 0.25) is 0 Å². The molecule has 0 atom stereocenters. The van der Waals surface area contributed by atoms with Gasteiger partial charge in [-0.1, -0.05) is 0 Å². The summed E-state index contributed by atoms with van der Waals surface area (Å²) < 4.78 is 39.4. The molecule has 0 bridgehead atoms. The summed E-state index contributed by atoms with van der Waals surface area (Å²) in [5.74, 6) is -3.85. The molecule has 2 rings (SSSR count).